The number of hydrogen-bond acceptors (Lipinski definition) is 4. The normalized spacial score (nSPS) is 16.0. The first kappa shape index (κ1) is 9.65. The van der Waals surface area contributed by atoms with Gasteiger partial charge in [0.15, 0.2) is 0 Å². The van der Waals surface area contributed by atoms with Crippen molar-refractivity contribution in [2.45, 2.75) is 38.6 Å². The summed E-state index contributed by atoms with van der Waals surface area (Å²) in [6.07, 6.45) is 2.39. The predicted octanol–water partition coefficient (Wildman–Crippen LogP) is 2.22. The summed E-state index contributed by atoms with van der Waals surface area (Å²) in [5, 5.41) is 3.48. The summed E-state index contributed by atoms with van der Waals surface area (Å²) >= 11 is 5.80. The van der Waals surface area contributed by atoms with Gasteiger partial charge in [-0.1, -0.05) is 13.8 Å². The molecule has 0 bridgehead atoms. The summed E-state index contributed by atoms with van der Waals surface area (Å²) in [4.78, 5) is 12.4. The summed E-state index contributed by atoms with van der Waals surface area (Å²) in [5.41, 5.74) is 0. The van der Waals surface area contributed by atoms with Crippen LogP contribution in [0.5, 0.6) is 0 Å². The summed E-state index contributed by atoms with van der Waals surface area (Å²) in [6.45, 7) is 4.07. The highest BCUT2D eigenvalue weighted by Crippen LogP contribution is 2.23. The van der Waals surface area contributed by atoms with Gasteiger partial charge >= 0.3 is 0 Å². The molecule has 2 rings (SSSR count). The molecule has 4 nitrogen and oxygen atoms in total. The average molecular weight is 213 g/mol. The molecule has 5 heteroatoms. The standard InChI is InChI=1S/C9H13ClN4/c1-5(2)7-12-8(10)14-9(13-7)11-6-3-4-6/h5-6H,3-4H2,1-2H3,(H,11,12,13,14). The minimum atomic E-state index is 0.270. The second-order valence-electron chi connectivity index (χ2n) is 3.86. The quantitative estimate of drug-likeness (QED) is 0.835. The fraction of sp³-hybridized carbons (Fsp3) is 0.667. The molecule has 1 saturated carbocycles. The van der Waals surface area contributed by atoms with Crippen molar-refractivity contribution in [2.75, 3.05) is 5.32 Å². The maximum Gasteiger partial charge on any atom is 0.227 e. The molecule has 1 aliphatic rings. The van der Waals surface area contributed by atoms with E-state index in [9.17, 15) is 0 Å². The zero-order valence-electron chi connectivity index (χ0n) is 8.29. The van der Waals surface area contributed by atoms with Gasteiger partial charge in [-0.05, 0) is 24.4 Å². The Morgan fingerprint density at radius 3 is 2.57 bits per heavy atom. The maximum absolute atomic E-state index is 5.80. The highest BCUT2D eigenvalue weighted by atomic mass is 35.5. The van der Waals surface area contributed by atoms with Gasteiger partial charge in [-0.3, -0.25) is 0 Å². The minimum absolute atomic E-state index is 0.270. The van der Waals surface area contributed by atoms with Crippen LogP contribution in [0.1, 0.15) is 38.4 Å². The second kappa shape index (κ2) is 3.69. The molecule has 76 valence electrons. The van der Waals surface area contributed by atoms with Crippen LogP contribution in [-0.2, 0) is 0 Å². The summed E-state index contributed by atoms with van der Waals surface area (Å²) < 4.78 is 0. The van der Waals surface area contributed by atoms with Gasteiger partial charge in [-0.2, -0.15) is 9.97 Å². The Hall–Kier alpha value is -0.900. The fourth-order valence-corrected chi connectivity index (χ4v) is 1.27. The molecule has 0 radical (unpaired) electrons. The van der Waals surface area contributed by atoms with E-state index in [-0.39, 0.29) is 11.2 Å². The molecule has 0 unspecified atom stereocenters. The molecular weight excluding hydrogens is 200 g/mol. The van der Waals surface area contributed by atoms with Crippen molar-refractivity contribution >= 4 is 17.5 Å². The zero-order valence-corrected chi connectivity index (χ0v) is 9.04. The Bertz CT molecular complexity index is 336. The molecule has 1 aliphatic carbocycles. The number of hydrogen-bond donors (Lipinski definition) is 1. The zero-order chi connectivity index (χ0) is 10.1. The number of halogens is 1. The van der Waals surface area contributed by atoms with Crippen molar-refractivity contribution < 1.29 is 0 Å². The van der Waals surface area contributed by atoms with Gasteiger partial charge in [-0.15, -0.1) is 0 Å². The Morgan fingerprint density at radius 1 is 1.29 bits per heavy atom. The van der Waals surface area contributed by atoms with E-state index >= 15 is 0 Å². The molecule has 1 aromatic heterocycles. The SMILES string of the molecule is CC(C)c1nc(Cl)nc(NC2CC2)n1. The van der Waals surface area contributed by atoms with E-state index in [0.29, 0.717) is 12.0 Å². The smallest absolute Gasteiger partial charge is 0.227 e. The average Bonchev–Trinajstić information content (AvgIpc) is 2.87. The van der Waals surface area contributed by atoms with Crippen molar-refractivity contribution in [3.05, 3.63) is 11.1 Å². The van der Waals surface area contributed by atoms with E-state index < -0.39 is 0 Å². The topological polar surface area (TPSA) is 50.7 Å². The Labute approximate surface area is 88.1 Å². The molecule has 1 N–H and O–H groups in total. The molecule has 1 fully saturated rings. The minimum Gasteiger partial charge on any atom is -0.351 e. The Balaban J connectivity index is 2.21. The van der Waals surface area contributed by atoms with E-state index in [1.807, 2.05) is 13.8 Å². The molecule has 1 heterocycles. The summed E-state index contributed by atoms with van der Waals surface area (Å²) in [7, 11) is 0. The second-order valence-corrected chi connectivity index (χ2v) is 4.20. The summed E-state index contributed by atoms with van der Waals surface area (Å²) in [5.74, 6) is 1.62. The van der Waals surface area contributed by atoms with Crippen molar-refractivity contribution in [1.82, 2.24) is 15.0 Å². The van der Waals surface area contributed by atoms with E-state index in [1.165, 1.54) is 12.8 Å². The third-order valence-electron chi connectivity index (χ3n) is 2.05. The van der Waals surface area contributed by atoms with Gasteiger partial charge in [0.25, 0.3) is 0 Å². The van der Waals surface area contributed by atoms with Gasteiger partial charge in [0.2, 0.25) is 11.2 Å². The molecule has 0 aromatic carbocycles. The first-order valence-corrected chi connectivity index (χ1v) is 5.21. The van der Waals surface area contributed by atoms with Crippen molar-refractivity contribution in [2.24, 2.45) is 0 Å². The Kier molecular flexibility index (Phi) is 2.54. The molecule has 1 aromatic rings. The summed E-state index contributed by atoms with van der Waals surface area (Å²) in [6, 6.07) is 0.536. The number of aromatic nitrogens is 3. The van der Waals surface area contributed by atoms with Gasteiger partial charge in [-0.25, -0.2) is 4.98 Å². The van der Waals surface area contributed by atoms with Crippen molar-refractivity contribution in [3.8, 4) is 0 Å². The number of rotatable bonds is 3. The lowest BCUT2D eigenvalue weighted by Crippen LogP contribution is -2.09. The molecule has 0 amide bonds. The van der Waals surface area contributed by atoms with Crippen LogP contribution < -0.4 is 5.32 Å². The maximum atomic E-state index is 5.80. The molecule has 0 spiro atoms. The predicted molar refractivity (Wildman–Crippen MR) is 55.6 cm³/mol. The lowest BCUT2D eigenvalue weighted by Gasteiger charge is -2.07. The van der Waals surface area contributed by atoms with E-state index in [2.05, 4.69) is 20.3 Å². The lowest BCUT2D eigenvalue weighted by molar-refractivity contribution is 0.760. The number of nitrogens with zero attached hydrogens (tertiary/aromatic N) is 3. The van der Waals surface area contributed by atoms with E-state index in [4.69, 9.17) is 11.6 Å². The lowest BCUT2D eigenvalue weighted by atomic mass is 10.2. The molecule has 0 saturated heterocycles. The molecule has 0 aliphatic heterocycles. The van der Waals surface area contributed by atoms with Gasteiger partial charge in [0, 0.05) is 12.0 Å². The third kappa shape index (κ3) is 2.32. The van der Waals surface area contributed by atoms with Gasteiger partial charge < -0.3 is 5.32 Å². The fourth-order valence-electron chi connectivity index (χ4n) is 1.10. The highest BCUT2D eigenvalue weighted by molar-refractivity contribution is 6.28. The largest absolute Gasteiger partial charge is 0.351 e. The monoisotopic (exact) mass is 212 g/mol. The van der Waals surface area contributed by atoms with Crippen LogP contribution in [0.15, 0.2) is 0 Å². The van der Waals surface area contributed by atoms with Crippen LogP contribution in [0.25, 0.3) is 0 Å². The highest BCUT2D eigenvalue weighted by Gasteiger charge is 2.22. The molecule has 0 atom stereocenters. The molecular formula is C9H13ClN4. The number of nitrogens with one attached hydrogen (secondary N) is 1. The van der Waals surface area contributed by atoms with Crippen LogP contribution in [0.2, 0.25) is 5.28 Å². The Morgan fingerprint density at radius 2 is 2.00 bits per heavy atom. The first-order chi connectivity index (χ1) is 6.65. The van der Waals surface area contributed by atoms with Gasteiger partial charge in [0.05, 0.1) is 0 Å². The first-order valence-electron chi connectivity index (χ1n) is 4.83. The van der Waals surface area contributed by atoms with Gasteiger partial charge in [0.1, 0.15) is 5.82 Å². The van der Waals surface area contributed by atoms with Crippen LogP contribution >= 0.6 is 11.6 Å². The van der Waals surface area contributed by atoms with E-state index in [1.54, 1.807) is 0 Å². The molecule has 14 heavy (non-hydrogen) atoms. The van der Waals surface area contributed by atoms with Crippen molar-refractivity contribution in [1.29, 1.82) is 0 Å². The van der Waals surface area contributed by atoms with Crippen LogP contribution in [0.4, 0.5) is 5.95 Å². The van der Waals surface area contributed by atoms with Crippen LogP contribution in [0, 0.1) is 0 Å². The van der Waals surface area contributed by atoms with Crippen molar-refractivity contribution in [3.63, 3.8) is 0 Å². The van der Waals surface area contributed by atoms with E-state index in [0.717, 1.165) is 5.82 Å². The van der Waals surface area contributed by atoms with Crippen LogP contribution in [-0.4, -0.2) is 21.0 Å². The third-order valence-corrected chi connectivity index (χ3v) is 2.22. The number of anilines is 1. The van der Waals surface area contributed by atoms with Crippen LogP contribution in [0.3, 0.4) is 0 Å².